The number of nitrogens with zero attached hydrogens (tertiary/aromatic N) is 2. The molecule has 1 amide bonds. The molecule has 0 saturated carbocycles. The van der Waals surface area contributed by atoms with Crippen molar-refractivity contribution in [1.82, 2.24) is 4.90 Å². The van der Waals surface area contributed by atoms with Crippen molar-refractivity contribution in [3.05, 3.63) is 63.6 Å². The van der Waals surface area contributed by atoms with E-state index in [0.717, 1.165) is 42.5 Å². The van der Waals surface area contributed by atoms with Crippen LogP contribution >= 0.6 is 23.2 Å². The third-order valence-corrected chi connectivity index (χ3v) is 4.90. The zero-order valence-corrected chi connectivity index (χ0v) is 15.1. The van der Waals surface area contributed by atoms with Gasteiger partial charge in [-0.1, -0.05) is 41.4 Å². The first kappa shape index (κ1) is 17.1. The van der Waals surface area contributed by atoms with Gasteiger partial charge >= 0.3 is 0 Å². The van der Waals surface area contributed by atoms with E-state index in [4.69, 9.17) is 23.2 Å². The minimum Gasteiger partial charge on any atom is -0.368 e. The molecule has 0 bridgehead atoms. The van der Waals surface area contributed by atoms with E-state index in [-0.39, 0.29) is 5.91 Å². The lowest BCUT2D eigenvalue weighted by Crippen LogP contribution is -2.49. The van der Waals surface area contributed by atoms with Crippen LogP contribution in [0, 0.1) is 6.92 Å². The molecule has 3 rings (SSSR count). The lowest BCUT2D eigenvalue weighted by molar-refractivity contribution is -0.130. The van der Waals surface area contributed by atoms with E-state index in [1.54, 1.807) is 0 Å². The molecule has 0 atom stereocenters. The van der Waals surface area contributed by atoms with Gasteiger partial charge in [0.15, 0.2) is 0 Å². The lowest BCUT2D eigenvalue weighted by Gasteiger charge is -2.37. The van der Waals surface area contributed by atoms with Crippen LogP contribution in [0.25, 0.3) is 0 Å². The van der Waals surface area contributed by atoms with Gasteiger partial charge in [0.2, 0.25) is 5.91 Å². The van der Waals surface area contributed by atoms with Gasteiger partial charge in [0.05, 0.1) is 6.42 Å². The Hall–Kier alpha value is -1.71. The molecule has 0 spiro atoms. The van der Waals surface area contributed by atoms with Crippen molar-refractivity contribution in [2.75, 3.05) is 31.1 Å². The van der Waals surface area contributed by atoms with Crippen molar-refractivity contribution >= 4 is 34.8 Å². The summed E-state index contributed by atoms with van der Waals surface area (Å²) < 4.78 is 0. The molecular weight excluding hydrogens is 343 g/mol. The van der Waals surface area contributed by atoms with Crippen LogP contribution in [-0.4, -0.2) is 37.0 Å². The maximum absolute atomic E-state index is 12.5. The SMILES string of the molecule is Cc1ccc(Cl)cc1N1CCN(C(=O)Cc2ccc(Cl)cc2)CC1. The van der Waals surface area contributed by atoms with Gasteiger partial charge in [-0.05, 0) is 42.3 Å². The van der Waals surface area contributed by atoms with Crippen molar-refractivity contribution in [3.8, 4) is 0 Å². The Morgan fingerprint density at radius 3 is 2.25 bits per heavy atom. The number of halogens is 2. The zero-order valence-electron chi connectivity index (χ0n) is 13.6. The Morgan fingerprint density at radius 1 is 0.958 bits per heavy atom. The predicted molar refractivity (Wildman–Crippen MR) is 100 cm³/mol. The number of amides is 1. The molecule has 0 aromatic heterocycles. The average Bonchev–Trinajstić information content (AvgIpc) is 2.59. The van der Waals surface area contributed by atoms with Crippen molar-refractivity contribution in [2.45, 2.75) is 13.3 Å². The number of hydrogen-bond donors (Lipinski definition) is 0. The summed E-state index contributed by atoms with van der Waals surface area (Å²) in [5.74, 6) is 0.166. The Morgan fingerprint density at radius 2 is 1.58 bits per heavy atom. The predicted octanol–water partition coefficient (Wildman–Crippen LogP) is 4.19. The van der Waals surface area contributed by atoms with E-state index < -0.39 is 0 Å². The number of anilines is 1. The molecule has 3 nitrogen and oxygen atoms in total. The Bertz CT molecular complexity index is 723. The molecule has 2 aromatic rings. The maximum Gasteiger partial charge on any atom is 0.227 e. The molecule has 24 heavy (non-hydrogen) atoms. The smallest absolute Gasteiger partial charge is 0.227 e. The fraction of sp³-hybridized carbons (Fsp3) is 0.316. The van der Waals surface area contributed by atoms with Gasteiger partial charge in [0, 0.05) is 41.9 Å². The summed E-state index contributed by atoms with van der Waals surface area (Å²) in [6.07, 6.45) is 0.424. The number of carbonyl (C=O) groups excluding carboxylic acids is 1. The number of piperazine rings is 1. The monoisotopic (exact) mass is 362 g/mol. The van der Waals surface area contributed by atoms with Crippen LogP contribution in [0.15, 0.2) is 42.5 Å². The molecule has 126 valence electrons. The summed E-state index contributed by atoms with van der Waals surface area (Å²) in [7, 11) is 0. The van der Waals surface area contributed by atoms with Crippen LogP contribution in [0.1, 0.15) is 11.1 Å². The minimum atomic E-state index is 0.166. The van der Waals surface area contributed by atoms with Gasteiger partial charge in [-0.25, -0.2) is 0 Å². The fourth-order valence-electron chi connectivity index (χ4n) is 3.01. The minimum absolute atomic E-state index is 0.166. The lowest BCUT2D eigenvalue weighted by atomic mass is 10.1. The number of aryl methyl sites for hydroxylation is 1. The van der Waals surface area contributed by atoms with Gasteiger partial charge in [0.25, 0.3) is 0 Å². The van der Waals surface area contributed by atoms with E-state index in [0.29, 0.717) is 11.4 Å². The molecule has 1 heterocycles. The molecule has 1 aliphatic heterocycles. The van der Waals surface area contributed by atoms with Gasteiger partial charge in [-0.15, -0.1) is 0 Å². The first-order valence-corrected chi connectivity index (χ1v) is 8.82. The summed E-state index contributed by atoms with van der Waals surface area (Å²) in [6, 6.07) is 13.4. The molecule has 1 fully saturated rings. The molecule has 1 aliphatic rings. The molecule has 1 saturated heterocycles. The highest BCUT2D eigenvalue weighted by atomic mass is 35.5. The normalized spacial score (nSPS) is 14.8. The third kappa shape index (κ3) is 4.03. The third-order valence-electron chi connectivity index (χ3n) is 4.41. The van der Waals surface area contributed by atoms with E-state index in [1.165, 1.54) is 5.56 Å². The standard InChI is InChI=1S/C19H20Cl2N2O/c1-14-2-5-17(21)13-18(14)22-8-10-23(11-9-22)19(24)12-15-3-6-16(20)7-4-15/h2-7,13H,8-12H2,1H3. The van der Waals surface area contributed by atoms with Gasteiger partial charge in [0.1, 0.15) is 0 Å². The Labute approximate surface area is 152 Å². The second-order valence-electron chi connectivity index (χ2n) is 6.10. The number of rotatable bonds is 3. The van der Waals surface area contributed by atoms with Crippen molar-refractivity contribution < 1.29 is 4.79 Å². The fourth-order valence-corrected chi connectivity index (χ4v) is 3.30. The first-order chi connectivity index (χ1) is 11.5. The van der Waals surface area contributed by atoms with E-state index in [9.17, 15) is 4.79 Å². The van der Waals surface area contributed by atoms with Crippen molar-refractivity contribution in [3.63, 3.8) is 0 Å². The van der Waals surface area contributed by atoms with Gasteiger partial charge in [-0.3, -0.25) is 4.79 Å². The highest BCUT2D eigenvalue weighted by molar-refractivity contribution is 6.31. The van der Waals surface area contributed by atoms with Crippen LogP contribution in [0.3, 0.4) is 0 Å². The van der Waals surface area contributed by atoms with Crippen LogP contribution in [0.5, 0.6) is 0 Å². The van der Waals surface area contributed by atoms with Crippen LogP contribution in [0.2, 0.25) is 10.0 Å². The Kier molecular flexibility index (Phi) is 5.32. The topological polar surface area (TPSA) is 23.6 Å². The van der Waals surface area contributed by atoms with Gasteiger partial charge in [-0.2, -0.15) is 0 Å². The molecule has 0 N–H and O–H groups in total. The zero-order chi connectivity index (χ0) is 17.1. The molecular formula is C19H20Cl2N2O. The van der Waals surface area contributed by atoms with E-state index >= 15 is 0 Å². The molecule has 2 aromatic carbocycles. The summed E-state index contributed by atoms with van der Waals surface area (Å²) in [5, 5.41) is 1.44. The highest BCUT2D eigenvalue weighted by Crippen LogP contribution is 2.25. The van der Waals surface area contributed by atoms with E-state index in [2.05, 4.69) is 11.8 Å². The molecule has 0 aliphatic carbocycles. The number of benzene rings is 2. The quantitative estimate of drug-likeness (QED) is 0.816. The molecule has 5 heteroatoms. The molecule has 0 unspecified atom stereocenters. The summed E-state index contributed by atoms with van der Waals surface area (Å²) in [5.41, 5.74) is 3.37. The summed E-state index contributed by atoms with van der Waals surface area (Å²) >= 11 is 12.0. The number of hydrogen-bond acceptors (Lipinski definition) is 2. The maximum atomic E-state index is 12.5. The average molecular weight is 363 g/mol. The second-order valence-corrected chi connectivity index (χ2v) is 6.97. The van der Waals surface area contributed by atoms with Crippen molar-refractivity contribution in [2.24, 2.45) is 0 Å². The van der Waals surface area contributed by atoms with Gasteiger partial charge < -0.3 is 9.80 Å². The van der Waals surface area contributed by atoms with E-state index in [1.807, 2.05) is 47.4 Å². The van der Waals surface area contributed by atoms with Crippen LogP contribution < -0.4 is 4.90 Å². The van der Waals surface area contributed by atoms with Crippen molar-refractivity contribution in [1.29, 1.82) is 0 Å². The second kappa shape index (κ2) is 7.45. The highest BCUT2D eigenvalue weighted by Gasteiger charge is 2.22. The van der Waals surface area contributed by atoms with Crippen LogP contribution in [-0.2, 0) is 11.2 Å². The Balaban J connectivity index is 1.59. The summed E-state index contributed by atoms with van der Waals surface area (Å²) in [6.45, 7) is 5.21. The largest absolute Gasteiger partial charge is 0.368 e. The van der Waals surface area contributed by atoms with Crippen LogP contribution in [0.4, 0.5) is 5.69 Å². The summed E-state index contributed by atoms with van der Waals surface area (Å²) in [4.78, 5) is 16.7. The first-order valence-electron chi connectivity index (χ1n) is 8.06. The molecule has 0 radical (unpaired) electrons. The number of carbonyl (C=O) groups is 1.